The number of aryl methyl sites for hydroxylation is 1. The molecule has 0 unspecified atom stereocenters. The number of ketones is 1. The molecule has 3 aromatic rings. The molecule has 186 valence electrons. The minimum atomic E-state index is 0.146. The Labute approximate surface area is 214 Å². The van der Waals surface area contributed by atoms with E-state index in [4.69, 9.17) is 0 Å². The monoisotopic (exact) mass is 502 g/mol. The molecule has 8 nitrogen and oxygen atoms in total. The van der Waals surface area contributed by atoms with Gasteiger partial charge in [0.2, 0.25) is 5.95 Å². The maximum atomic E-state index is 14.0. The van der Waals surface area contributed by atoms with E-state index in [2.05, 4.69) is 30.0 Å². The van der Waals surface area contributed by atoms with Gasteiger partial charge in [-0.2, -0.15) is 0 Å². The molecular weight excluding hydrogens is 472 g/mol. The number of carbonyl (C=O) groups is 2. The summed E-state index contributed by atoms with van der Waals surface area (Å²) in [5.74, 6) is 1.34. The van der Waals surface area contributed by atoms with Gasteiger partial charge < -0.3 is 10.2 Å². The summed E-state index contributed by atoms with van der Waals surface area (Å²) in [6.45, 7) is 1.72. The summed E-state index contributed by atoms with van der Waals surface area (Å²) in [5.41, 5.74) is 3.23. The zero-order valence-electron chi connectivity index (χ0n) is 20.3. The predicted molar refractivity (Wildman–Crippen MR) is 137 cm³/mol. The lowest BCUT2D eigenvalue weighted by atomic mass is 9.89. The first-order valence-corrected chi connectivity index (χ1v) is 13.9. The molecule has 2 saturated carbocycles. The van der Waals surface area contributed by atoms with E-state index >= 15 is 0 Å². The highest BCUT2D eigenvalue weighted by Crippen LogP contribution is 2.53. The molecule has 4 aliphatic rings. The lowest BCUT2D eigenvalue weighted by Crippen LogP contribution is -2.31. The molecule has 1 atom stereocenters. The van der Waals surface area contributed by atoms with Crippen LogP contribution < -0.4 is 5.32 Å². The number of likely N-dealkylation sites (tertiary alicyclic amines) is 1. The SMILES string of the molecule is O=C(Cc1sc2c(c1C(=O)N1CCC3(CC3)C1)C[C@H](n1cnnc1Nc1cccnc1)CC2)C1CC1. The van der Waals surface area contributed by atoms with Crippen LogP contribution in [0, 0.1) is 11.3 Å². The second kappa shape index (κ2) is 8.50. The van der Waals surface area contributed by atoms with Crippen molar-refractivity contribution in [3.05, 3.63) is 51.7 Å². The maximum absolute atomic E-state index is 14.0. The van der Waals surface area contributed by atoms with Gasteiger partial charge in [-0.1, -0.05) is 0 Å². The fourth-order valence-electron chi connectivity index (χ4n) is 5.96. The molecule has 3 fully saturated rings. The lowest BCUT2D eigenvalue weighted by Gasteiger charge is -2.26. The third-order valence-corrected chi connectivity index (χ3v) is 9.75. The van der Waals surface area contributed by atoms with Gasteiger partial charge in [-0.05, 0) is 74.5 Å². The quantitative estimate of drug-likeness (QED) is 0.516. The Morgan fingerprint density at radius 1 is 1.19 bits per heavy atom. The third kappa shape index (κ3) is 4.03. The first-order chi connectivity index (χ1) is 17.6. The summed E-state index contributed by atoms with van der Waals surface area (Å²) in [4.78, 5) is 35.3. The number of nitrogens with one attached hydrogen (secondary N) is 1. The van der Waals surface area contributed by atoms with E-state index in [9.17, 15) is 9.59 Å². The zero-order chi connectivity index (χ0) is 24.3. The van der Waals surface area contributed by atoms with Gasteiger partial charge >= 0.3 is 0 Å². The van der Waals surface area contributed by atoms with Gasteiger partial charge in [-0.25, -0.2) is 0 Å². The van der Waals surface area contributed by atoms with Crippen molar-refractivity contribution < 1.29 is 9.59 Å². The Morgan fingerprint density at radius 2 is 2.08 bits per heavy atom. The number of anilines is 2. The van der Waals surface area contributed by atoms with Gasteiger partial charge in [0.25, 0.3) is 5.91 Å². The summed E-state index contributed by atoms with van der Waals surface area (Å²) in [6.07, 6.45) is 13.9. The van der Waals surface area contributed by atoms with Crippen molar-refractivity contribution in [2.45, 2.75) is 63.8 Å². The number of aromatic nitrogens is 4. The predicted octanol–water partition coefficient (Wildman–Crippen LogP) is 4.36. The van der Waals surface area contributed by atoms with Gasteiger partial charge in [0, 0.05) is 47.4 Å². The lowest BCUT2D eigenvalue weighted by molar-refractivity contribution is -0.119. The highest BCUT2D eigenvalue weighted by Gasteiger charge is 2.49. The van der Waals surface area contributed by atoms with E-state index in [0.717, 1.165) is 73.3 Å². The van der Waals surface area contributed by atoms with Crippen LogP contribution in [0.3, 0.4) is 0 Å². The van der Waals surface area contributed by atoms with Gasteiger partial charge in [0.05, 0.1) is 17.4 Å². The topological polar surface area (TPSA) is 93.0 Å². The smallest absolute Gasteiger partial charge is 0.255 e. The number of pyridine rings is 1. The second-order valence-corrected chi connectivity index (χ2v) is 12.2. The molecule has 1 spiro atoms. The molecule has 7 rings (SSSR count). The third-order valence-electron chi connectivity index (χ3n) is 8.46. The number of amides is 1. The maximum Gasteiger partial charge on any atom is 0.255 e. The summed E-state index contributed by atoms with van der Waals surface area (Å²) >= 11 is 1.71. The number of rotatable bonds is 7. The van der Waals surface area contributed by atoms with Crippen LogP contribution >= 0.6 is 11.3 Å². The van der Waals surface area contributed by atoms with E-state index in [1.165, 1.54) is 17.7 Å². The molecule has 0 bridgehead atoms. The molecular formula is C27H30N6O2S. The van der Waals surface area contributed by atoms with Crippen molar-refractivity contribution in [1.29, 1.82) is 0 Å². The highest BCUT2D eigenvalue weighted by molar-refractivity contribution is 7.12. The van der Waals surface area contributed by atoms with Crippen molar-refractivity contribution in [3.63, 3.8) is 0 Å². The van der Waals surface area contributed by atoms with E-state index in [1.807, 2.05) is 12.1 Å². The summed E-state index contributed by atoms with van der Waals surface area (Å²) < 4.78 is 2.09. The average Bonchev–Trinajstić information content (AvgIpc) is 3.74. The van der Waals surface area contributed by atoms with Crippen LogP contribution in [-0.2, 0) is 24.1 Å². The standard InChI is InChI=1S/C27H30N6O2S/c34-21(17-3-4-17)13-23-24(25(35)32-11-9-27(15-32)7-8-27)20-12-19(5-6-22(20)36-23)33-16-29-31-26(33)30-18-2-1-10-28-14-18/h1-2,10,14,16-17,19H,3-9,11-13,15H2,(H,30,31)/t19-/m1/s1. The Kier molecular flexibility index (Phi) is 5.23. The normalized spacial score (nSPS) is 22.0. The number of hydrogen-bond donors (Lipinski definition) is 1. The van der Waals surface area contributed by atoms with Crippen LogP contribution in [0.5, 0.6) is 0 Å². The van der Waals surface area contributed by atoms with Crippen molar-refractivity contribution in [1.82, 2.24) is 24.6 Å². The number of thiophene rings is 1. The largest absolute Gasteiger partial charge is 0.338 e. The Morgan fingerprint density at radius 3 is 2.83 bits per heavy atom. The number of Topliss-reactive ketones (excluding diaryl/α,β-unsaturated/α-hetero) is 1. The van der Waals surface area contributed by atoms with Crippen LogP contribution in [0.25, 0.3) is 0 Å². The van der Waals surface area contributed by atoms with Gasteiger partial charge in [-0.3, -0.25) is 19.1 Å². The van der Waals surface area contributed by atoms with Crippen LogP contribution in [-0.4, -0.2) is 49.4 Å². The van der Waals surface area contributed by atoms with Crippen molar-refractivity contribution >= 4 is 34.7 Å². The number of hydrogen-bond acceptors (Lipinski definition) is 7. The van der Waals surface area contributed by atoms with E-state index in [-0.39, 0.29) is 17.9 Å². The summed E-state index contributed by atoms with van der Waals surface area (Å²) in [5, 5.41) is 11.8. The Bertz CT molecular complexity index is 1320. The van der Waals surface area contributed by atoms with E-state index in [1.54, 1.807) is 30.1 Å². The first kappa shape index (κ1) is 22.2. The van der Waals surface area contributed by atoms with Gasteiger partial charge in [-0.15, -0.1) is 21.5 Å². The molecule has 3 aromatic heterocycles. The molecule has 1 aliphatic heterocycles. The van der Waals surface area contributed by atoms with Crippen LogP contribution in [0.1, 0.15) is 70.2 Å². The number of fused-ring (bicyclic) bond motifs is 1. The van der Waals surface area contributed by atoms with E-state index in [0.29, 0.717) is 23.6 Å². The molecule has 1 N–H and O–H groups in total. The Balaban J connectivity index is 1.19. The van der Waals surface area contributed by atoms with Crippen LogP contribution in [0.15, 0.2) is 30.9 Å². The highest BCUT2D eigenvalue weighted by atomic mass is 32.1. The second-order valence-electron chi connectivity index (χ2n) is 11.0. The molecule has 1 amide bonds. The number of nitrogens with zero attached hydrogens (tertiary/aromatic N) is 5. The molecule has 36 heavy (non-hydrogen) atoms. The fourth-order valence-corrected chi connectivity index (χ4v) is 7.31. The number of carbonyl (C=O) groups excluding carboxylic acids is 2. The molecule has 0 radical (unpaired) electrons. The van der Waals surface area contributed by atoms with Crippen LogP contribution in [0.4, 0.5) is 11.6 Å². The van der Waals surface area contributed by atoms with Crippen molar-refractivity contribution in [3.8, 4) is 0 Å². The Hall–Kier alpha value is -3.07. The van der Waals surface area contributed by atoms with Crippen molar-refractivity contribution in [2.75, 3.05) is 18.4 Å². The summed E-state index contributed by atoms with van der Waals surface area (Å²) in [7, 11) is 0. The van der Waals surface area contributed by atoms with E-state index < -0.39 is 0 Å². The molecule has 4 heterocycles. The molecule has 9 heteroatoms. The summed E-state index contributed by atoms with van der Waals surface area (Å²) in [6, 6.07) is 3.98. The molecule has 1 saturated heterocycles. The minimum Gasteiger partial charge on any atom is -0.338 e. The van der Waals surface area contributed by atoms with Crippen molar-refractivity contribution in [2.24, 2.45) is 11.3 Å². The van der Waals surface area contributed by atoms with Gasteiger partial charge in [0.15, 0.2) is 0 Å². The molecule has 0 aromatic carbocycles. The minimum absolute atomic E-state index is 0.146. The fraction of sp³-hybridized carbons (Fsp3) is 0.519. The average molecular weight is 503 g/mol. The van der Waals surface area contributed by atoms with Crippen LogP contribution in [0.2, 0.25) is 0 Å². The van der Waals surface area contributed by atoms with Gasteiger partial charge in [0.1, 0.15) is 12.1 Å². The zero-order valence-corrected chi connectivity index (χ0v) is 21.1. The molecule has 3 aliphatic carbocycles. The first-order valence-electron chi connectivity index (χ1n) is 13.1.